The Labute approximate surface area is 113 Å². The van der Waals surface area contributed by atoms with Gasteiger partial charge in [-0.25, -0.2) is 4.79 Å². The van der Waals surface area contributed by atoms with E-state index in [4.69, 9.17) is 5.11 Å². The lowest BCUT2D eigenvalue weighted by Gasteiger charge is -2.07. The summed E-state index contributed by atoms with van der Waals surface area (Å²) in [6, 6.07) is 6.98. The molecule has 0 bridgehead atoms. The quantitative estimate of drug-likeness (QED) is 0.948. The lowest BCUT2D eigenvalue weighted by molar-refractivity contribution is 0.0695. The number of aromatic carboxylic acids is 1. The number of hydrogen-bond acceptors (Lipinski definition) is 2. The number of rotatable bonds is 3. The van der Waals surface area contributed by atoms with Crippen LogP contribution in [0.2, 0.25) is 0 Å². The first kappa shape index (κ1) is 12.8. The Morgan fingerprint density at radius 1 is 1.39 bits per heavy atom. The molecular weight excluding hydrogens is 296 g/mol. The van der Waals surface area contributed by atoms with Gasteiger partial charge in [0.1, 0.15) is 0 Å². The van der Waals surface area contributed by atoms with Crippen LogP contribution in [0.4, 0.5) is 0 Å². The second kappa shape index (κ2) is 4.94. The third-order valence-electron chi connectivity index (χ3n) is 2.86. The number of carboxylic acids is 1. The topological polar surface area (TPSA) is 55.1 Å². The number of nitrogens with zero attached hydrogens (tertiary/aromatic N) is 2. The summed E-state index contributed by atoms with van der Waals surface area (Å²) in [7, 11) is 0. The predicted octanol–water partition coefficient (Wildman–Crippen LogP) is 3.01. The first-order chi connectivity index (χ1) is 8.50. The highest BCUT2D eigenvalue weighted by Gasteiger charge is 2.13. The molecule has 1 aromatic carbocycles. The Morgan fingerprint density at radius 2 is 2.06 bits per heavy atom. The smallest absolute Gasteiger partial charge is 0.336 e. The fourth-order valence-electron chi connectivity index (χ4n) is 1.86. The van der Waals surface area contributed by atoms with Crippen molar-refractivity contribution in [3.63, 3.8) is 0 Å². The molecule has 0 atom stereocenters. The van der Waals surface area contributed by atoms with Gasteiger partial charge in [-0.1, -0.05) is 18.2 Å². The van der Waals surface area contributed by atoms with Crippen LogP contribution in [0.5, 0.6) is 0 Å². The van der Waals surface area contributed by atoms with Crippen LogP contribution < -0.4 is 0 Å². The standard InChI is InChI=1S/C13H13BrN2O2/c1-8-12(14)9(2)16(15-8)7-10-5-3-4-6-11(10)13(17)18/h3-6H,7H2,1-2H3,(H,17,18). The average molecular weight is 309 g/mol. The predicted molar refractivity (Wildman–Crippen MR) is 71.9 cm³/mol. The van der Waals surface area contributed by atoms with E-state index in [0.29, 0.717) is 12.1 Å². The zero-order valence-electron chi connectivity index (χ0n) is 10.1. The van der Waals surface area contributed by atoms with E-state index in [1.807, 2.05) is 26.0 Å². The monoisotopic (exact) mass is 308 g/mol. The molecule has 0 unspecified atom stereocenters. The first-order valence-electron chi connectivity index (χ1n) is 5.51. The number of aromatic nitrogens is 2. The van der Waals surface area contributed by atoms with Crippen LogP contribution in [0.15, 0.2) is 28.7 Å². The Morgan fingerprint density at radius 3 is 2.61 bits per heavy atom. The summed E-state index contributed by atoms with van der Waals surface area (Å²) in [6.45, 7) is 4.32. The van der Waals surface area contributed by atoms with E-state index in [9.17, 15) is 4.79 Å². The van der Waals surface area contributed by atoms with Crippen LogP contribution in [0, 0.1) is 13.8 Å². The van der Waals surface area contributed by atoms with Gasteiger partial charge in [0, 0.05) is 0 Å². The van der Waals surface area contributed by atoms with Crippen LogP contribution in [0.25, 0.3) is 0 Å². The molecule has 1 heterocycles. The van der Waals surface area contributed by atoms with Gasteiger partial charge in [0.15, 0.2) is 0 Å². The SMILES string of the molecule is Cc1nn(Cc2ccccc2C(=O)O)c(C)c1Br. The maximum Gasteiger partial charge on any atom is 0.336 e. The van der Waals surface area contributed by atoms with Crippen LogP contribution in [0.3, 0.4) is 0 Å². The molecule has 0 spiro atoms. The highest BCUT2D eigenvalue weighted by Crippen LogP contribution is 2.21. The minimum absolute atomic E-state index is 0.321. The van der Waals surface area contributed by atoms with E-state index in [2.05, 4.69) is 21.0 Å². The molecule has 0 aliphatic carbocycles. The molecule has 1 N–H and O–H groups in total. The van der Waals surface area contributed by atoms with Crippen molar-refractivity contribution in [2.24, 2.45) is 0 Å². The molecule has 4 nitrogen and oxygen atoms in total. The van der Waals surface area contributed by atoms with E-state index in [1.54, 1.807) is 16.8 Å². The number of carboxylic acid groups (broad SMARTS) is 1. The van der Waals surface area contributed by atoms with Gasteiger partial charge < -0.3 is 5.11 Å². The summed E-state index contributed by atoms with van der Waals surface area (Å²) >= 11 is 3.46. The fraction of sp³-hybridized carbons (Fsp3) is 0.231. The summed E-state index contributed by atoms with van der Waals surface area (Å²) in [5, 5.41) is 13.5. The van der Waals surface area contributed by atoms with Crippen molar-refractivity contribution >= 4 is 21.9 Å². The molecule has 0 aliphatic heterocycles. The highest BCUT2D eigenvalue weighted by atomic mass is 79.9. The van der Waals surface area contributed by atoms with Gasteiger partial charge in [0.05, 0.1) is 28.0 Å². The maximum atomic E-state index is 11.1. The van der Waals surface area contributed by atoms with Crippen molar-refractivity contribution in [1.29, 1.82) is 0 Å². The number of aryl methyl sites for hydroxylation is 1. The van der Waals surface area contributed by atoms with Gasteiger partial charge in [0.2, 0.25) is 0 Å². The number of hydrogen-bond donors (Lipinski definition) is 1. The Bertz CT molecular complexity index is 605. The van der Waals surface area contributed by atoms with Crippen molar-refractivity contribution in [2.75, 3.05) is 0 Å². The van der Waals surface area contributed by atoms with E-state index in [-0.39, 0.29) is 0 Å². The Hall–Kier alpha value is -1.62. The molecule has 0 fully saturated rings. The Kier molecular flexibility index (Phi) is 3.52. The summed E-state index contributed by atoms with van der Waals surface area (Å²) in [5.74, 6) is -0.911. The van der Waals surface area contributed by atoms with Gasteiger partial charge in [-0.3, -0.25) is 4.68 Å². The van der Waals surface area contributed by atoms with Crippen molar-refractivity contribution in [1.82, 2.24) is 9.78 Å². The normalized spacial score (nSPS) is 10.6. The molecule has 2 aromatic rings. The molecular formula is C13H13BrN2O2. The van der Waals surface area contributed by atoms with E-state index in [0.717, 1.165) is 21.4 Å². The maximum absolute atomic E-state index is 11.1. The van der Waals surface area contributed by atoms with Gasteiger partial charge in [-0.15, -0.1) is 0 Å². The number of benzene rings is 1. The molecule has 5 heteroatoms. The molecule has 0 radical (unpaired) electrons. The molecule has 2 rings (SSSR count). The van der Waals surface area contributed by atoms with Crippen molar-refractivity contribution < 1.29 is 9.90 Å². The average Bonchev–Trinajstić information content (AvgIpc) is 2.57. The summed E-state index contributed by atoms with van der Waals surface area (Å²) < 4.78 is 2.77. The van der Waals surface area contributed by atoms with E-state index >= 15 is 0 Å². The van der Waals surface area contributed by atoms with Crippen LogP contribution in [-0.4, -0.2) is 20.9 Å². The fourth-order valence-corrected chi connectivity index (χ4v) is 2.14. The third-order valence-corrected chi connectivity index (χ3v) is 4.01. The van der Waals surface area contributed by atoms with Crippen LogP contribution in [0.1, 0.15) is 27.3 Å². The minimum Gasteiger partial charge on any atom is -0.478 e. The lowest BCUT2D eigenvalue weighted by atomic mass is 10.1. The molecule has 0 saturated carbocycles. The van der Waals surface area contributed by atoms with E-state index in [1.165, 1.54) is 0 Å². The largest absolute Gasteiger partial charge is 0.478 e. The van der Waals surface area contributed by atoms with Gasteiger partial charge in [-0.2, -0.15) is 5.10 Å². The summed E-state index contributed by atoms with van der Waals surface area (Å²) in [5.41, 5.74) is 2.97. The minimum atomic E-state index is -0.911. The molecule has 0 amide bonds. The van der Waals surface area contributed by atoms with Crippen molar-refractivity contribution in [2.45, 2.75) is 20.4 Å². The van der Waals surface area contributed by atoms with Crippen LogP contribution in [-0.2, 0) is 6.54 Å². The van der Waals surface area contributed by atoms with Crippen molar-refractivity contribution in [3.05, 3.63) is 51.3 Å². The van der Waals surface area contributed by atoms with Gasteiger partial charge in [0.25, 0.3) is 0 Å². The van der Waals surface area contributed by atoms with Gasteiger partial charge >= 0.3 is 5.97 Å². The molecule has 0 saturated heterocycles. The van der Waals surface area contributed by atoms with Crippen molar-refractivity contribution in [3.8, 4) is 0 Å². The molecule has 0 aliphatic rings. The lowest BCUT2D eigenvalue weighted by Crippen LogP contribution is -2.09. The second-order valence-corrected chi connectivity index (χ2v) is 4.90. The molecule has 18 heavy (non-hydrogen) atoms. The third kappa shape index (κ3) is 2.31. The summed E-state index contributed by atoms with van der Waals surface area (Å²) in [4.78, 5) is 11.1. The zero-order valence-corrected chi connectivity index (χ0v) is 11.7. The Balaban J connectivity index is 2.40. The zero-order chi connectivity index (χ0) is 13.3. The molecule has 94 valence electrons. The number of halogens is 1. The second-order valence-electron chi connectivity index (χ2n) is 4.10. The van der Waals surface area contributed by atoms with Crippen LogP contribution >= 0.6 is 15.9 Å². The van der Waals surface area contributed by atoms with Gasteiger partial charge in [-0.05, 0) is 41.4 Å². The van der Waals surface area contributed by atoms with E-state index < -0.39 is 5.97 Å². The molecule has 1 aromatic heterocycles. The summed E-state index contributed by atoms with van der Waals surface area (Å²) in [6.07, 6.45) is 0. The number of carbonyl (C=O) groups is 1. The highest BCUT2D eigenvalue weighted by molar-refractivity contribution is 9.10. The first-order valence-corrected chi connectivity index (χ1v) is 6.30.